The summed E-state index contributed by atoms with van der Waals surface area (Å²) in [6.07, 6.45) is 7.93. The molecule has 0 spiro atoms. The summed E-state index contributed by atoms with van der Waals surface area (Å²) in [5.74, 6) is 0.713. The van der Waals surface area contributed by atoms with Gasteiger partial charge in [0.05, 0.1) is 17.1 Å². The van der Waals surface area contributed by atoms with Crippen molar-refractivity contribution in [3.63, 3.8) is 0 Å². The van der Waals surface area contributed by atoms with Crippen LogP contribution in [0.1, 0.15) is 12.8 Å². The van der Waals surface area contributed by atoms with Crippen molar-refractivity contribution in [3.05, 3.63) is 30.7 Å². The Bertz CT molecular complexity index is 779. The van der Waals surface area contributed by atoms with Crippen molar-refractivity contribution >= 4 is 27.6 Å². The molecule has 0 amide bonds. The van der Waals surface area contributed by atoms with Crippen LogP contribution in [0.3, 0.4) is 0 Å². The van der Waals surface area contributed by atoms with Crippen LogP contribution in [-0.4, -0.2) is 34.6 Å². The number of hydrogen-bond acceptors (Lipinski definition) is 4. The molecule has 21 heavy (non-hydrogen) atoms. The highest BCUT2D eigenvalue weighted by molar-refractivity contribution is 6.11. The summed E-state index contributed by atoms with van der Waals surface area (Å²) < 4.78 is 0. The van der Waals surface area contributed by atoms with Crippen LogP contribution in [0.25, 0.3) is 21.9 Å². The van der Waals surface area contributed by atoms with E-state index in [1.165, 1.54) is 22.9 Å². The number of anilines is 1. The van der Waals surface area contributed by atoms with Crippen molar-refractivity contribution in [2.45, 2.75) is 12.8 Å². The lowest BCUT2D eigenvalue weighted by atomic mass is 10.1. The highest BCUT2D eigenvalue weighted by Gasteiger charge is 2.24. The average Bonchev–Trinajstić information content (AvgIpc) is 3.11. The Morgan fingerprint density at radius 2 is 2.29 bits per heavy atom. The second-order valence-electron chi connectivity index (χ2n) is 5.78. The van der Waals surface area contributed by atoms with Gasteiger partial charge in [0.25, 0.3) is 0 Å². The van der Waals surface area contributed by atoms with Gasteiger partial charge < -0.3 is 15.6 Å². The van der Waals surface area contributed by atoms with Crippen molar-refractivity contribution < 1.29 is 0 Å². The van der Waals surface area contributed by atoms with Crippen LogP contribution in [0.4, 0.5) is 5.69 Å². The molecule has 5 heteroatoms. The van der Waals surface area contributed by atoms with Gasteiger partial charge in [0.1, 0.15) is 5.65 Å². The normalized spacial score (nSPS) is 18.9. The number of aromatic amines is 1. The lowest BCUT2D eigenvalue weighted by Gasteiger charge is -2.19. The monoisotopic (exact) mass is 281 g/mol. The van der Waals surface area contributed by atoms with Crippen LogP contribution in [0.15, 0.2) is 30.7 Å². The minimum atomic E-state index is 0.713. The standard InChI is InChI=1S/C16H19N5/c17-5-1-11-4-8-21(10-11)14-3-7-19-16-15(14)12-2-6-18-9-13(12)20-16/h2-3,6-7,9,11H,1,4-5,8,10,17H2,(H,19,20)/t11-/m0/s1. The van der Waals surface area contributed by atoms with Crippen LogP contribution in [0.2, 0.25) is 0 Å². The molecule has 0 saturated carbocycles. The maximum Gasteiger partial charge on any atom is 0.140 e. The van der Waals surface area contributed by atoms with Gasteiger partial charge >= 0.3 is 0 Å². The predicted octanol–water partition coefficient (Wildman–Crippen LogP) is 2.29. The van der Waals surface area contributed by atoms with Crippen molar-refractivity contribution in [1.29, 1.82) is 0 Å². The highest BCUT2D eigenvalue weighted by Crippen LogP contribution is 2.35. The third-order valence-electron chi connectivity index (χ3n) is 4.47. The minimum absolute atomic E-state index is 0.713. The number of hydrogen-bond donors (Lipinski definition) is 2. The Hall–Kier alpha value is -2.14. The summed E-state index contributed by atoms with van der Waals surface area (Å²) in [5.41, 5.74) is 8.96. The molecule has 3 N–H and O–H groups in total. The highest BCUT2D eigenvalue weighted by atomic mass is 15.2. The molecule has 1 fully saturated rings. The van der Waals surface area contributed by atoms with Gasteiger partial charge in [-0.15, -0.1) is 0 Å². The van der Waals surface area contributed by atoms with E-state index in [1.54, 1.807) is 0 Å². The van der Waals surface area contributed by atoms with Gasteiger partial charge in [-0.1, -0.05) is 0 Å². The quantitative estimate of drug-likeness (QED) is 0.772. The summed E-state index contributed by atoms with van der Waals surface area (Å²) in [5, 5.41) is 2.41. The zero-order valence-corrected chi connectivity index (χ0v) is 11.9. The van der Waals surface area contributed by atoms with Gasteiger partial charge in [0.2, 0.25) is 0 Å². The van der Waals surface area contributed by atoms with E-state index in [2.05, 4.69) is 32.0 Å². The van der Waals surface area contributed by atoms with Crippen molar-refractivity contribution in [3.8, 4) is 0 Å². The first-order valence-corrected chi connectivity index (χ1v) is 7.52. The fourth-order valence-corrected chi connectivity index (χ4v) is 3.44. The van der Waals surface area contributed by atoms with Crippen LogP contribution < -0.4 is 10.6 Å². The molecule has 108 valence electrons. The Morgan fingerprint density at radius 3 is 3.19 bits per heavy atom. The Labute approximate surface area is 123 Å². The third-order valence-corrected chi connectivity index (χ3v) is 4.47. The smallest absolute Gasteiger partial charge is 0.140 e. The van der Waals surface area contributed by atoms with Gasteiger partial charge in [-0.2, -0.15) is 0 Å². The van der Waals surface area contributed by atoms with E-state index in [1.807, 2.05) is 18.6 Å². The fourth-order valence-electron chi connectivity index (χ4n) is 3.44. The van der Waals surface area contributed by atoms with Crippen molar-refractivity contribution in [2.24, 2.45) is 11.7 Å². The van der Waals surface area contributed by atoms with Crippen LogP contribution in [-0.2, 0) is 0 Å². The van der Waals surface area contributed by atoms with Gasteiger partial charge in [-0.25, -0.2) is 4.98 Å². The van der Waals surface area contributed by atoms with E-state index >= 15 is 0 Å². The molecule has 1 aliphatic rings. The zero-order chi connectivity index (χ0) is 14.2. The van der Waals surface area contributed by atoms with E-state index in [0.29, 0.717) is 5.92 Å². The van der Waals surface area contributed by atoms with Crippen LogP contribution in [0, 0.1) is 5.92 Å². The Balaban J connectivity index is 1.82. The first kappa shape index (κ1) is 12.6. The van der Waals surface area contributed by atoms with E-state index in [9.17, 15) is 0 Å². The van der Waals surface area contributed by atoms with Gasteiger partial charge in [-0.3, -0.25) is 4.98 Å². The summed E-state index contributed by atoms with van der Waals surface area (Å²) in [7, 11) is 0. The molecule has 3 aromatic rings. The predicted molar refractivity (Wildman–Crippen MR) is 85.4 cm³/mol. The van der Waals surface area contributed by atoms with E-state index in [-0.39, 0.29) is 0 Å². The van der Waals surface area contributed by atoms with Gasteiger partial charge in [0, 0.05) is 36.6 Å². The van der Waals surface area contributed by atoms with Crippen molar-refractivity contribution in [2.75, 3.05) is 24.5 Å². The minimum Gasteiger partial charge on any atom is -0.371 e. The lowest BCUT2D eigenvalue weighted by Crippen LogP contribution is -2.20. The molecule has 1 atom stereocenters. The molecule has 0 radical (unpaired) electrons. The molecule has 1 aliphatic heterocycles. The third kappa shape index (κ3) is 2.05. The average molecular weight is 281 g/mol. The second kappa shape index (κ2) is 5.00. The van der Waals surface area contributed by atoms with Gasteiger partial charge in [-0.05, 0) is 37.4 Å². The summed E-state index contributed by atoms with van der Waals surface area (Å²) >= 11 is 0. The Kier molecular flexibility index (Phi) is 3.00. The zero-order valence-electron chi connectivity index (χ0n) is 11.9. The number of rotatable bonds is 3. The number of nitrogens with two attached hydrogens (primary N) is 1. The molecular weight excluding hydrogens is 262 g/mol. The molecule has 4 rings (SSSR count). The summed E-state index contributed by atoms with van der Waals surface area (Å²) in [6, 6.07) is 4.19. The molecule has 0 aromatic carbocycles. The topological polar surface area (TPSA) is 70.8 Å². The first-order valence-electron chi connectivity index (χ1n) is 7.52. The number of H-pyrrole nitrogens is 1. The molecule has 0 unspecified atom stereocenters. The fraction of sp³-hybridized carbons (Fsp3) is 0.375. The van der Waals surface area contributed by atoms with Crippen molar-refractivity contribution in [1.82, 2.24) is 15.0 Å². The SMILES string of the molecule is NCC[C@H]1CCN(c2ccnc3[nH]c4cnccc4c23)C1. The van der Waals surface area contributed by atoms with Crippen LogP contribution in [0.5, 0.6) is 0 Å². The number of nitrogens with one attached hydrogen (secondary N) is 1. The molecule has 4 heterocycles. The summed E-state index contributed by atoms with van der Waals surface area (Å²) in [4.78, 5) is 14.5. The maximum atomic E-state index is 5.70. The lowest BCUT2D eigenvalue weighted by molar-refractivity contribution is 0.546. The maximum absolute atomic E-state index is 5.70. The van der Waals surface area contributed by atoms with E-state index in [4.69, 9.17) is 5.73 Å². The number of fused-ring (bicyclic) bond motifs is 3. The summed E-state index contributed by atoms with van der Waals surface area (Å²) in [6.45, 7) is 2.97. The second-order valence-corrected chi connectivity index (χ2v) is 5.78. The Morgan fingerprint density at radius 1 is 1.33 bits per heavy atom. The molecule has 0 bridgehead atoms. The molecule has 3 aromatic heterocycles. The molecule has 5 nitrogen and oxygen atoms in total. The molecule has 1 saturated heterocycles. The number of nitrogens with zero attached hydrogens (tertiary/aromatic N) is 3. The molecule has 0 aliphatic carbocycles. The van der Waals surface area contributed by atoms with E-state index < -0.39 is 0 Å². The number of pyridine rings is 2. The number of aromatic nitrogens is 3. The molecular formula is C16H19N5. The van der Waals surface area contributed by atoms with E-state index in [0.717, 1.165) is 37.2 Å². The largest absolute Gasteiger partial charge is 0.371 e. The van der Waals surface area contributed by atoms with Crippen LogP contribution >= 0.6 is 0 Å². The van der Waals surface area contributed by atoms with Gasteiger partial charge in [0.15, 0.2) is 0 Å². The first-order chi connectivity index (χ1) is 10.4.